The van der Waals surface area contributed by atoms with E-state index < -0.39 is 0 Å². The van der Waals surface area contributed by atoms with Crippen LogP contribution in [-0.2, 0) is 9.47 Å². The summed E-state index contributed by atoms with van der Waals surface area (Å²) in [5.74, 6) is 2.16. The molecule has 4 nitrogen and oxygen atoms in total. The number of hydrogen-bond donors (Lipinski definition) is 0. The van der Waals surface area contributed by atoms with Crippen LogP contribution in [0.25, 0.3) is 0 Å². The number of carbonyl (C=O) groups is 1. The minimum atomic E-state index is -0.204. The van der Waals surface area contributed by atoms with Crippen molar-refractivity contribution in [2.24, 2.45) is 11.8 Å². The molecule has 0 saturated heterocycles. The lowest BCUT2D eigenvalue weighted by Crippen LogP contribution is -2.31. The van der Waals surface area contributed by atoms with Crippen molar-refractivity contribution in [1.29, 1.82) is 0 Å². The lowest BCUT2D eigenvalue weighted by Gasteiger charge is -2.37. The van der Waals surface area contributed by atoms with E-state index in [-0.39, 0.29) is 12.1 Å². The molecule has 1 aromatic carbocycles. The van der Waals surface area contributed by atoms with Crippen LogP contribution in [0.4, 0.5) is 0 Å². The zero-order valence-electron chi connectivity index (χ0n) is 20.1. The Morgan fingerprint density at radius 3 is 2.06 bits per heavy atom. The van der Waals surface area contributed by atoms with Crippen molar-refractivity contribution in [2.45, 2.75) is 84.3 Å². The summed E-state index contributed by atoms with van der Waals surface area (Å²) in [6.07, 6.45) is 17.8. The highest BCUT2D eigenvalue weighted by Crippen LogP contribution is 2.39. The van der Waals surface area contributed by atoms with E-state index in [0.29, 0.717) is 18.3 Å². The SMILES string of the molecule is CC=CCOc1ccc(C(=O)OC2CCC(C3CCC(OCC=CC)CC3)CC2)c(C)c1. The predicted molar refractivity (Wildman–Crippen MR) is 129 cm³/mol. The molecule has 2 saturated carbocycles. The standard InChI is InChI=1S/C28H40O4/c1-4-6-18-30-24-12-8-22(9-13-24)23-10-14-25(15-11-23)32-28(29)27-17-16-26(20-21(27)3)31-19-7-5-2/h4-7,16-17,20,22-25H,8-15,18-19H2,1-3H3. The Hall–Kier alpha value is -2.07. The zero-order chi connectivity index (χ0) is 22.8. The molecule has 4 heteroatoms. The Kier molecular flexibility index (Phi) is 9.86. The van der Waals surface area contributed by atoms with Gasteiger partial charge in [-0.2, -0.15) is 0 Å². The van der Waals surface area contributed by atoms with Gasteiger partial charge >= 0.3 is 5.97 Å². The summed E-state index contributed by atoms with van der Waals surface area (Å²) in [7, 11) is 0. The van der Waals surface area contributed by atoms with Crippen LogP contribution in [0.2, 0.25) is 0 Å². The summed E-state index contributed by atoms with van der Waals surface area (Å²) in [5.41, 5.74) is 1.54. The smallest absolute Gasteiger partial charge is 0.338 e. The highest BCUT2D eigenvalue weighted by molar-refractivity contribution is 5.91. The zero-order valence-corrected chi connectivity index (χ0v) is 20.1. The fourth-order valence-electron chi connectivity index (χ4n) is 5.10. The monoisotopic (exact) mass is 440 g/mol. The Morgan fingerprint density at radius 2 is 1.47 bits per heavy atom. The van der Waals surface area contributed by atoms with Crippen LogP contribution in [0.5, 0.6) is 5.75 Å². The van der Waals surface area contributed by atoms with E-state index >= 15 is 0 Å². The van der Waals surface area contributed by atoms with Crippen LogP contribution in [0.3, 0.4) is 0 Å². The molecule has 176 valence electrons. The number of carbonyl (C=O) groups excluding carboxylic acids is 1. The van der Waals surface area contributed by atoms with Crippen LogP contribution < -0.4 is 4.74 Å². The van der Waals surface area contributed by atoms with E-state index in [1.807, 2.05) is 57.2 Å². The van der Waals surface area contributed by atoms with Crippen molar-refractivity contribution < 1.29 is 19.0 Å². The first-order valence-corrected chi connectivity index (χ1v) is 12.4. The van der Waals surface area contributed by atoms with Crippen molar-refractivity contribution in [3.8, 4) is 5.75 Å². The summed E-state index contributed by atoms with van der Waals surface area (Å²) >= 11 is 0. The fourth-order valence-corrected chi connectivity index (χ4v) is 5.10. The molecule has 0 amide bonds. The molecule has 0 aliphatic heterocycles. The Balaban J connectivity index is 1.41. The van der Waals surface area contributed by atoms with Gasteiger partial charge in [0.25, 0.3) is 0 Å². The second kappa shape index (κ2) is 12.8. The molecule has 2 aliphatic carbocycles. The van der Waals surface area contributed by atoms with Gasteiger partial charge in [0.15, 0.2) is 0 Å². The van der Waals surface area contributed by atoms with Gasteiger partial charge in [0.05, 0.1) is 18.3 Å². The molecule has 0 bridgehead atoms. The van der Waals surface area contributed by atoms with Crippen molar-refractivity contribution in [3.05, 3.63) is 53.6 Å². The lowest BCUT2D eigenvalue weighted by atomic mass is 9.72. The molecular formula is C28H40O4. The van der Waals surface area contributed by atoms with Gasteiger partial charge in [0.2, 0.25) is 0 Å². The summed E-state index contributed by atoms with van der Waals surface area (Å²) in [6, 6.07) is 5.59. The first-order chi connectivity index (χ1) is 15.6. The van der Waals surface area contributed by atoms with Gasteiger partial charge in [-0.1, -0.05) is 24.3 Å². The van der Waals surface area contributed by atoms with Gasteiger partial charge in [-0.3, -0.25) is 0 Å². The van der Waals surface area contributed by atoms with E-state index in [9.17, 15) is 4.79 Å². The molecule has 0 radical (unpaired) electrons. The summed E-state index contributed by atoms with van der Waals surface area (Å²) in [5, 5.41) is 0. The van der Waals surface area contributed by atoms with Gasteiger partial charge in [-0.25, -0.2) is 4.79 Å². The number of hydrogen-bond acceptors (Lipinski definition) is 4. The first-order valence-electron chi connectivity index (χ1n) is 12.4. The molecule has 0 heterocycles. The predicted octanol–water partition coefficient (Wildman–Crippen LogP) is 6.82. The molecule has 32 heavy (non-hydrogen) atoms. The minimum Gasteiger partial charge on any atom is -0.490 e. The van der Waals surface area contributed by atoms with Gasteiger partial charge in [-0.15, -0.1) is 0 Å². The van der Waals surface area contributed by atoms with E-state index in [1.165, 1.54) is 38.5 Å². The van der Waals surface area contributed by atoms with Crippen molar-refractivity contribution in [3.63, 3.8) is 0 Å². The quantitative estimate of drug-likeness (QED) is 0.312. The van der Waals surface area contributed by atoms with E-state index in [4.69, 9.17) is 14.2 Å². The lowest BCUT2D eigenvalue weighted by molar-refractivity contribution is 0.000808. The van der Waals surface area contributed by atoms with Crippen LogP contribution in [0.1, 0.15) is 81.1 Å². The molecule has 0 unspecified atom stereocenters. The molecule has 2 fully saturated rings. The highest BCUT2D eigenvalue weighted by atomic mass is 16.5. The molecule has 2 aliphatic rings. The maximum Gasteiger partial charge on any atom is 0.338 e. The fraction of sp³-hybridized carbons (Fsp3) is 0.607. The number of esters is 1. The van der Waals surface area contributed by atoms with Crippen molar-refractivity contribution in [2.75, 3.05) is 13.2 Å². The second-order valence-electron chi connectivity index (χ2n) is 9.24. The van der Waals surface area contributed by atoms with E-state index in [2.05, 4.69) is 6.08 Å². The molecule has 0 spiro atoms. The second-order valence-corrected chi connectivity index (χ2v) is 9.24. The number of ether oxygens (including phenoxy) is 3. The third kappa shape index (κ3) is 7.23. The Morgan fingerprint density at radius 1 is 0.875 bits per heavy atom. The van der Waals surface area contributed by atoms with Crippen LogP contribution >= 0.6 is 0 Å². The number of allylic oxidation sites excluding steroid dienone is 2. The summed E-state index contributed by atoms with van der Waals surface area (Å²) < 4.78 is 17.5. The molecule has 1 aromatic rings. The molecule has 0 aromatic heterocycles. The third-order valence-electron chi connectivity index (χ3n) is 7.04. The van der Waals surface area contributed by atoms with Crippen LogP contribution in [0.15, 0.2) is 42.5 Å². The van der Waals surface area contributed by atoms with Crippen LogP contribution in [0, 0.1) is 18.8 Å². The maximum absolute atomic E-state index is 12.7. The third-order valence-corrected chi connectivity index (χ3v) is 7.04. The number of rotatable bonds is 9. The first kappa shape index (κ1) is 24.6. The molecule has 0 N–H and O–H groups in total. The average molecular weight is 441 g/mol. The van der Waals surface area contributed by atoms with Gasteiger partial charge in [-0.05, 0) is 108 Å². The molecular weight excluding hydrogens is 400 g/mol. The largest absolute Gasteiger partial charge is 0.490 e. The van der Waals surface area contributed by atoms with Crippen LogP contribution in [-0.4, -0.2) is 31.4 Å². The Labute approximate surface area is 194 Å². The van der Waals surface area contributed by atoms with E-state index in [1.54, 1.807) is 0 Å². The Bertz CT molecular complexity index is 766. The van der Waals surface area contributed by atoms with Gasteiger partial charge < -0.3 is 14.2 Å². The van der Waals surface area contributed by atoms with Crippen molar-refractivity contribution in [1.82, 2.24) is 0 Å². The summed E-state index contributed by atoms with van der Waals surface area (Å²) in [4.78, 5) is 12.7. The minimum absolute atomic E-state index is 0.0456. The van der Waals surface area contributed by atoms with E-state index in [0.717, 1.165) is 42.6 Å². The number of benzene rings is 1. The van der Waals surface area contributed by atoms with Gasteiger partial charge in [0.1, 0.15) is 18.5 Å². The highest BCUT2D eigenvalue weighted by Gasteiger charge is 2.32. The number of aryl methyl sites for hydroxylation is 1. The van der Waals surface area contributed by atoms with Gasteiger partial charge in [0, 0.05) is 0 Å². The normalized spacial score (nSPS) is 26.5. The average Bonchev–Trinajstić information content (AvgIpc) is 2.80. The topological polar surface area (TPSA) is 44.8 Å². The van der Waals surface area contributed by atoms with Crippen molar-refractivity contribution >= 4 is 5.97 Å². The molecule has 3 rings (SSSR count). The molecule has 0 atom stereocenters. The summed E-state index contributed by atoms with van der Waals surface area (Å²) in [6.45, 7) is 7.22. The maximum atomic E-state index is 12.7.